The molecular weight excluding hydrogens is 140 g/mol. The van der Waals surface area contributed by atoms with Crippen LogP contribution in [0, 0.1) is 0 Å². The highest BCUT2D eigenvalue weighted by Crippen LogP contribution is 2.03. The smallest absolute Gasteiger partial charge is 0.270 e. The lowest BCUT2D eigenvalue weighted by molar-refractivity contribution is -0.113. The molecule has 0 aromatic carbocycles. The maximum Gasteiger partial charge on any atom is 0.349 e. The quantitative estimate of drug-likeness (QED) is 0.520. The first-order valence-electron chi connectivity index (χ1n) is 2.22. The molecule has 0 atom stereocenters. The summed E-state index contributed by atoms with van der Waals surface area (Å²) in [6.45, 7) is 0. The Labute approximate surface area is 55.7 Å². The molecule has 0 spiro atoms. The van der Waals surface area contributed by atoms with Crippen molar-refractivity contribution in [2.45, 2.75) is 0 Å². The molecule has 0 radical (unpaired) electrons. The predicted octanol–water partition coefficient (Wildman–Crippen LogP) is -0.00230. The van der Waals surface area contributed by atoms with Gasteiger partial charge < -0.3 is 0 Å². The number of nitrogens with one attached hydrogen (secondary N) is 1. The van der Waals surface area contributed by atoms with Gasteiger partial charge in [-0.1, -0.05) is 0 Å². The van der Waals surface area contributed by atoms with Gasteiger partial charge in [0.1, 0.15) is 0 Å². The number of aliphatic imine (C=N–C) groups is 1. The number of carbonyl (C=O) groups excluding carboxylic acids is 2. The minimum absolute atomic E-state index is 0.236. The van der Waals surface area contributed by atoms with Gasteiger partial charge in [-0.15, -0.1) is 11.8 Å². The van der Waals surface area contributed by atoms with Gasteiger partial charge in [-0.05, 0) is 6.26 Å². The molecule has 0 bridgehead atoms. The number of imide groups is 1. The number of rotatable bonds is 0. The summed E-state index contributed by atoms with van der Waals surface area (Å²) in [6, 6.07) is -0.565. The largest absolute Gasteiger partial charge is 0.349 e. The van der Waals surface area contributed by atoms with E-state index in [0.29, 0.717) is 0 Å². The second kappa shape index (κ2) is 2.18. The van der Waals surface area contributed by atoms with Crippen LogP contribution in [0.2, 0.25) is 0 Å². The van der Waals surface area contributed by atoms with E-state index < -0.39 is 11.9 Å². The first-order valence-corrected chi connectivity index (χ1v) is 3.44. The zero-order chi connectivity index (χ0) is 6.85. The number of thioether (sulfide) groups is 1. The lowest BCUT2D eigenvalue weighted by atomic mass is 10.7. The third kappa shape index (κ3) is 1.10. The molecule has 9 heavy (non-hydrogen) atoms. The van der Waals surface area contributed by atoms with Crippen LogP contribution in [-0.4, -0.2) is 23.2 Å². The van der Waals surface area contributed by atoms with E-state index in [-0.39, 0.29) is 5.04 Å². The van der Waals surface area contributed by atoms with E-state index in [1.807, 2.05) is 5.32 Å². The molecule has 1 aliphatic heterocycles. The van der Waals surface area contributed by atoms with Crippen molar-refractivity contribution in [2.24, 2.45) is 4.99 Å². The fraction of sp³-hybridized carbons (Fsp3) is 0.250. The Hall–Kier alpha value is -0.840. The molecule has 1 heterocycles. The number of urea groups is 1. The summed E-state index contributed by atoms with van der Waals surface area (Å²) in [7, 11) is 0. The fourth-order valence-corrected chi connectivity index (χ4v) is 0.871. The topological polar surface area (TPSA) is 58.5 Å². The maximum atomic E-state index is 10.5. The van der Waals surface area contributed by atoms with Gasteiger partial charge in [0, 0.05) is 0 Å². The second-order valence-corrected chi connectivity index (χ2v) is 2.18. The van der Waals surface area contributed by atoms with Crippen molar-refractivity contribution in [1.29, 1.82) is 0 Å². The van der Waals surface area contributed by atoms with Crippen molar-refractivity contribution in [3.05, 3.63) is 0 Å². The monoisotopic (exact) mass is 144 g/mol. The van der Waals surface area contributed by atoms with Crippen LogP contribution in [0.4, 0.5) is 4.79 Å². The SMILES string of the molecule is CSC1=NC(=O)NC1=O. The summed E-state index contributed by atoms with van der Waals surface area (Å²) in [4.78, 5) is 24.2. The van der Waals surface area contributed by atoms with Crippen LogP contribution in [0.25, 0.3) is 0 Å². The molecule has 0 saturated carbocycles. The van der Waals surface area contributed by atoms with Crippen LogP contribution in [0.5, 0.6) is 0 Å². The summed E-state index contributed by atoms with van der Waals surface area (Å²) in [5, 5.41) is 2.25. The van der Waals surface area contributed by atoms with Crippen LogP contribution in [-0.2, 0) is 4.79 Å². The van der Waals surface area contributed by atoms with Crippen LogP contribution in [0.1, 0.15) is 0 Å². The van der Waals surface area contributed by atoms with E-state index in [9.17, 15) is 9.59 Å². The first-order chi connectivity index (χ1) is 4.24. The first kappa shape index (κ1) is 6.28. The van der Waals surface area contributed by atoms with E-state index in [0.717, 1.165) is 11.8 Å². The molecule has 0 saturated heterocycles. The van der Waals surface area contributed by atoms with E-state index in [2.05, 4.69) is 4.99 Å². The summed E-state index contributed by atoms with van der Waals surface area (Å²) >= 11 is 1.16. The highest BCUT2D eigenvalue weighted by molar-refractivity contribution is 8.15. The van der Waals surface area contributed by atoms with Crippen molar-refractivity contribution >= 4 is 28.7 Å². The molecular formula is C4H4N2O2S. The van der Waals surface area contributed by atoms with Gasteiger partial charge in [-0.2, -0.15) is 4.99 Å². The second-order valence-electron chi connectivity index (χ2n) is 1.38. The number of hydrogen-bond donors (Lipinski definition) is 1. The number of nitrogens with zero attached hydrogens (tertiary/aromatic N) is 1. The third-order valence-electron chi connectivity index (χ3n) is 0.811. The number of carbonyl (C=O) groups is 2. The van der Waals surface area contributed by atoms with E-state index >= 15 is 0 Å². The predicted molar refractivity (Wildman–Crippen MR) is 34.5 cm³/mol. The highest BCUT2D eigenvalue weighted by Gasteiger charge is 2.21. The zero-order valence-electron chi connectivity index (χ0n) is 4.67. The minimum atomic E-state index is -0.565. The van der Waals surface area contributed by atoms with Crippen LogP contribution in [0.15, 0.2) is 4.99 Å². The summed E-state index contributed by atoms with van der Waals surface area (Å²) in [5.41, 5.74) is 0. The van der Waals surface area contributed by atoms with E-state index in [1.54, 1.807) is 6.26 Å². The normalized spacial score (nSPS) is 17.7. The maximum absolute atomic E-state index is 10.5. The minimum Gasteiger partial charge on any atom is -0.270 e. The van der Waals surface area contributed by atoms with E-state index in [4.69, 9.17) is 0 Å². The molecule has 48 valence electrons. The van der Waals surface area contributed by atoms with Crippen molar-refractivity contribution in [1.82, 2.24) is 5.32 Å². The van der Waals surface area contributed by atoms with E-state index in [1.165, 1.54) is 0 Å². The molecule has 0 unspecified atom stereocenters. The molecule has 3 amide bonds. The highest BCUT2D eigenvalue weighted by atomic mass is 32.2. The van der Waals surface area contributed by atoms with Gasteiger partial charge >= 0.3 is 6.03 Å². The average Bonchev–Trinajstić information content (AvgIpc) is 2.10. The molecule has 5 heteroatoms. The molecule has 0 aromatic rings. The summed E-state index contributed by atoms with van der Waals surface area (Å²) in [5.74, 6) is -0.396. The number of amides is 3. The molecule has 4 nitrogen and oxygen atoms in total. The van der Waals surface area contributed by atoms with Gasteiger partial charge in [0.15, 0.2) is 5.04 Å². The lowest BCUT2D eigenvalue weighted by Crippen LogP contribution is -2.23. The Bertz CT molecular complexity index is 199. The van der Waals surface area contributed by atoms with Crippen molar-refractivity contribution < 1.29 is 9.59 Å². The lowest BCUT2D eigenvalue weighted by Gasteiger charge is -1.85. The molecule has 0 aromatic heterocycles. The molecule has 1 aliphatic rings. The Balaban J connectivity index is 2.80. The molecule has 0 fully saturated rings. The molecule has 1 rings (SSSR count). The average molecular weight is 144 g/mol. The van der Waals surface area contributed by atoms with Crippen molar-refractivity contribution in [2.75, 3.05) is 6.26 Å². The third-order valence-corrected chi connectivity index (χ3v) is 1.47. The van der Waals surface area contributed by atoms with Crippen molar-refractivity contribution in [3.8, 4) is 0 Å². The van der Waals surface area contributed by atoms with Crippen LogP contribution in [0.3, 0.4) is 0 Å². The summed E-state index contributed by atoms with van der Waals surface area (Å²) < 4.78 is 0. The Morgan fingerprint density at radius 3 is 2.44 bits per heavy atom. The standard InChI is InChI=1S/C4H4N2O2S/c1-9-3-2(7)5-4(8)6-3/h1H3,(H,5,7,8). The molecule has 0 aliphatic carbocycles. The Morgan fingerprint density at radius 1 is 1.56 bits per heavy atom. The van der Waals surface area contributed by atoms with Gasteiger partial charge in [0.25, 0.3) is 5.91 Å². The van der Waals surface area contributed by atoms with Crippen molar-refractivity contribution in [3.63, 3.8) is 0 Å². The molecule has 1 N–H and O–H groups in total. The van der Waals surface area contributed by atoms with Gasteiger partial charge in [-0.3, -0.25) is 10.1 Å². The fourth-order valence-electron chi connectivity index (χ4n) is 0.460. The van der Waals surface area contributed by atoms with Gasteiger partial charge in [0.05, 0.1) is 0 Å². The van der Waals surface area contributed by atoms with Gasteiger partial charge in [-0.25, -0.2) is 4.79 Å². The number of hydrogen-bond acceptors (Lipinski definition) is 3. The van der Waals surface area contributed by atoms with Crippen LogP contribution >= 0.6 is 11.8 Å². The zero-order valence-corrected chi connectivity index (χ0v) is 5.49. The Morgan fingerprint density at radius 2 is 2.22 bits per heavy atom. The Kier molecular flexibility index (Phi) is 1.52. The summed E-state index contributed by atoms with van der Waals surface area (Å²) in [6.07, 6.45) is 1.69. The van der Waals surface area contributed by atoms with Gasteiger partial charge in [0.2, 0.25) is 0 Å². The van der Waals surface area contributed by atoms with Crippen LogP contribution < -0.4 is 5.32 Å².